The highest BCUT2D eigenvalue weighted by molar-refractivity contribution is 6.31. The predicted octanol–water partition coefficient (Wildman–Crippen LogP) is 6.36. The normalized spacial score (nSPS) is 19.4. The summed E-state index contributed by atoms with van der Waals surface area (Å²) >= 11 is 6.33. The van der Waals surface area contributed by atoms with Crippen molar-refractivity contribution in [3.8, 4) is 5.75 Å². The summed E-state index contributed by atoms with van der Waals surface area (Å²) < 4.78 is 45.8. The molecule has 0 amide bonds. The largest absolute Gasteiger partial charge is 0.473 e. The van der Waals surface area contributed by atoms with Crippen LogP contribution in [0.15, 0.2) is 42.5 Å². The van der Waals surface area contributed by atoms with Gasteiger partial charge in [0.15, 0.2) is 0 Å². The van der Waals surface area contributed by atoms with E-state index in [-0.39, 0.29) is 12.2 Å². The monoisotopic (exact) mass is 366 g/mol. The molecular formula is C20H18ClF3O. The lowest BCUT2D eigenvalue weighted by atomic mass is 9.93. The number of aryl methyl sites for hydroxylation is 1. The van der Waals surface area contributed by atoms with E-state index in [4.69, 9.17) is 16.3 Å². The predicted molar refractivity (Wildman–Crippen MR) is 94.2 cm³/mol. The van der Waals surface area contributed by atoms with Crippen molar-refractivity contribution in [3.05, 3.63) is 69.8 Å². The Morgan fingerprint density at radius 3 is 2.40 bits per heavy atom. The van der Waals surface area contributed by atoms with E-state index >= 15 is 0 Å². The van der Waals surface area contributed by atoms with E-state index in [1.807, 2.05) is 31.2 Å². The van der Waals surface area contributed by atoms with Gasteiger partial charge >= 0.3 is 6.18 Å². The minimum absolute atomic E-state index is 0.192. The van der Waals surface area contributed by atoms with Gasteiger partial charge in [0.1, 0.15) is 5.75 Å². The van der Waals surface area contributed by atoms with Crippen LogP contribution in [0.1, 0.15) is 35.6 Å². The van der Waals surface area contributed by atoms with Crippen molar-refractivity contribution in [2.75, 3.05) is 0 Å². The Hall–Kier alpha value is -1.94. The molecule has 0 radical (unpaired) electrons. The van der Waals surface area contributed by atoms with Crippen molar-refractivity contribution < 1.29 is 17.9 Å². The molecular weight excluding hydrogens is 349 g/mol. The molecule has 0 fully saturated rings. The van der Waals surface area contributed by atoms with Crippen LogP contribution in [0.3, 0.4) is 0 Å². The maximum absolute atomic E-state index is 13.5. The summed E-state index contributed by atoms with van der Waals surface area (Å²) in [6.45, 7) is 3.46. The first-order valence-electron chi connectivity index (χ1n) is 8.07. The van der Waals surface area contributed by atoms with Crippen LogP contribution in [0, 0.1) is 6.92 Å². The zero-order chi connectivity index (χ0) is 18.2. The highest BCUT2D eigenvalue weighted by atomic mass is 35.5. The molecule has 1 nitrogen and oxygen atoms in total. The number of halogens is 4. The Balaban J connectivity index is 1.96. The molecule has 0 bridgehead atoms. The van der Waals surface area contributed by atoms with E-state index in [0.717, 1.165) is 22.8 Å². The lowest BCUT2D eigenvalue weighted by Gasteiger charge is -2.36. The minimum Gasteiger partial charge on any atom is -0.473 e. The average Bonchev–Trinajstić information content (AvgIpc) is 2.56. The third-order valence-corrected chi connectivity index (χ3v) is 4.88. The number of ether oxygens (including phenoxy) is 1. The van der Waals surface area contributed by atoms with Gasteiger partial charge in [-0.3, -0.25) is 0 Å². The van der Waals surface area contributed by atoms with Crippen molar-refractivity contribution in [3.63, 3.8) is 0 Å². The van der Waals surface area contributed by atoms with Crippen molar-refractivity contribution in [1.29, 1.82) is 0 Å². The van der Waals surface area contributed by atoms with E-state index in [9.17, 15) is 13.2 Å². The summed E-state index contributed by atoms with van der Waals surface area (Å²) in [5.74, 6) is 0.216. The van der Waals surface area contributed by atoms with Crippen LogP contribution in [0.2, 0.25) is 5.02 Å². The highest BCUT2D eigenvalue weighted by Crippen LogP contribution is 2.44. The minimum atomic E-state index is -4.48. The summed E-state index contributed by atoms with van der Waals surface area (Å²) in [5.41, 5.74) is 1.20. The molecule has 3 rings (SSSR count). The van der Waals surface area contributed by atoms with Crippen LogP contribution >= 0.6 is 11.6 Å². The molecule has 0 aliphatic carbocycles. The summed E-state index contributed by atoms with van der Waals surface area (Å²) in [6.07, 6.45) is -1.62. The van der Waals surface area contributed by atoms with E-state index < -0.39 is 11.8 Å². The van der Waals surface area contributed by atoms with Crippen LogP contribution in [-0.2, 0) is 6.42 Å². The number of rotatable bonds is 3. The van der Waals surface area contributed by atoms with Gasteiger partial charge in [-0.15, -0.1) is 0 Å². The Bertz CT molecular complexity index is 809. The summed E-state index contributed by atoms with van der Waals surface area (Å²) in [6, 6.07) is 11.2. The lowest BCUT2D eigenvalue weighted by Crippen LogP contribution is -2.49. The molecule has 1 atom stereocenters. The van der Waals surface area contributed by atoms with Gasteiger partial charge in [0, 0.05) is 10.6 Å². The van der Waals surface area contributed by atoms with Crippen LogP contribution in [0.4, 0.5) is 13.2 Å². The Labute approximate surface area is 150 Å². The quantitative estimate of drug-likeness (QED) is 0.614. The number of alkyl halides is 3. The van der Waals surface area contributed by atoms with Crippen LogP contribution in [0.25, 0.3) is 6.08 Å². The van der Waals surface area contributed by atoms with Gasteiger partial charge in [-0.2, -0.15) is 13.2 Å². The van der Waals surface area contributed by atoms with Gasteiger partial charge in [-0.25, -0.2) is 0 Å². The second kappa shape index (κ2) is 6.41. The standard InChI is InChI=1S/C20H18ClF3O/c1-3-19(20(22,23)24)9-8-15-11-17(21)16(12-18(15)25-19)10-14-6-4-13(2)5-7-14/h4-9,11-12H,3,10H2,1-2H3. The molecule has 0 saturated carbocycles. The van der Waals surface area contributed by atoms with Gasteiger partial charge in [0.25, 0.3) is 0 Å². The molecule has 1 heterocycles. The number of hydrogen-bond acceptors (Lipinski definition) is 1. The first kappa shape index (κ1) is 17.9. The first-order valence-corrected chi connectivity index (χ1v) is 8.45. The SMILES string of the molecule is CCC1(C(F)(F)F)C=Cc2cc(Cl)c(Cc3ccc(C)cc3)cc2O1. The van der Waals surface area contributed by atoms with Gasteiger partial charge in [-0.05, 0) is 49.1 Å². The molecule has 2 aromatic rings. The lowest BCUT2D eigenvalue weighted by molar-refractivity contribution is -0.230. The molecule has 0 spiro atoms. The fourth-order valence-electron chi connectivity index (χ4n) is 2.89. The third kappa shape index (κ3) is 3.40. The molecule has 0 aromatic heterocycles. The van der Waals surface area contributed by atoms with E-state index in [1.165, 1.54) is 13.0 Å². The fraction of sp³-hybridized carbons (Fsp3) is 0.300. The van der Waals surface area contributed by atoms with Crippen molar-refractivity contribution in [1.82, 2.24) is 0 Å². The fourth-order valence-corrected chi connectivity index (χ4v) is 3.13. The number of fused-ring (bicyclic) bond motifs is 1. The van der Waals surface area contributed by atoms with Gasteiger partial charge in [0.2, 0.25) is 5.60 Å². The second-order valence-electron chi connectivity index (χ2n) is 6.32. The maximum atomic E-state index is 13.5. The van der Waals surface area contributed by atoms with E-state index in [0.29, 0.717) is 17.0 Å². The van der Waals surface area contributed by atoms with Crippen molar-refractivity contribution in [2.24, 2.45) is 0 Å². The maximum Gasteiger partial charge on any atom is 0.432 e. The molecule has 0 saturated heterocycles. The molecule has 1 unspecified atom stereocenters. The molecule has 1 aliphatic heterocycles. The Morgan fingerprint density at radius 1 is 1.12 bits per heavy atom. The molecule has 25 heavy (non-hydrogen) atoms. The zero-order valence-electron chi connectivity index (χ0n) is 14.0. The molecule has 0 N–H and O–H groups in total. The van der Waals surface area contributed by atoms with Crippen molar-refractivity contribution >= 4 is 17.7 Å². The topological polar surface area (TPSA) is 9.23 Å². The second-order valence-corrected chi connectivity index (χ2v) is 6.73. The van der Waals surface area contributed by atoms with Gasteiger partial charge < -0.3 is 4.74 Å². The molecule has 132 valence electrons. The summed E-state index contributed by atoms with van der Waals surface area (Å²) in [4.78, 5) is 0. The summed E-state index contributed by atoms with van der Waals surface area (Å²) in [7, 11) is 0. The molecule has 2 aromatic carbocycles. The van der Waals surface area contributed by atoms with Crippen LogP contribution in [-0.4, -0.2) is 11.8 Å². The van der Waals surface area contributed by atoms with Crippen molar-refractivity contribution in [2.45, 2.75) is 38.5 Å². The van der Waals surface area contributed by atoms with E-state index in [2.05, 4.69) is 0 Å². The number of hydrogen-bond donors (Lipinski definition) is 0. The Kier molecular flexibility index (Phi) is 4.58. The number of benzene rings is 2. The molecule has 1 aliphatic rings. The third-order valence-electron chi connectivity index (χ3n) is 4.52. The van der Waals surface area contributed by atoms with Gasteiger partial charge in [-0.1, -0.05) is 54.4 Å². The average molecular weight is 367 g/mol. The smallest absolute Gasteiger partial charge is 0.432 e. The Morgan fingerprint density at radius 2 is 1.80 bits per heavy atom. The van der Waals surface area contributed by atoms with Gasteiger partial charge in [0.05, 0.1) is 0 Å². The first-order chi connectivity index (χ1) is 11.7. The molecule has 5 heteroatoms. The van der Waals surface area contributed by atoms with E-state index in [1.54, 1.807) is 12.1 Å². The zero-order valence-corrected chi connectivity index (χ0v) is 14.7. The van der Waals surface area contributed by atoms with Crippen LogP contribution in [0.5, 0.6) is 5.75 Å². The highest BCUT2D eigenvalue weighted by Gasteiger charge is 2.55. The van der Waals surface area contributed by atoms with Crippen LogP contribution < -0.4 is 4.74 Å². The summed E-state index contributed by atoms with van der Waals surface area (Å²) in [5, 5.41) is 0.517.